The van der Waals surface area contributed by atoms with E-state index in [-0.39, 0.29) is 42.3 Å². The summed E-state index contributed by atoms with van der Waals surface area (Å²) >= 11 is 0. The Morgan fingerprint density at radius 2 is 1.58 bits per heavy atom. The average molecular weight is 378 g/mol. The Bertz CT molecular complexity index is 866. The van der Waals surface area contributed by atoms with Gasteiger partial charge in [-0.05, 0) is 18.9 Å². The third kappa shape index (κ3) is 2.77. The lowest BCUT2D eigenvalue weighted by Crippen LogP contribution is -2.62. The number of fused-ring (bicyclic) bond motifs is 1. The Kier molecular flexibility index (Phi) is 4.19. The molecule has 2 amide bonds. The van der Waals surface area contributed by atoms with E-state index in [0.717, 1.165) is 0 Å². The first kappa shape index (κ1) is 17.4. The fourth-order valence-corrected chi connectivity index (χ4v) is 5.50. The molecule has 8 heteroatoms. The van der Waals surface area contributed by atoms with E-state index in [4.69, 9.17) is 0 Å². The first-order chi connectivity index (χ1) is 12.4. The van der Waals surface area contributed by atoms with Crippen LogP contribution in [-0.4, -0.2) is 48.6 Å². The summed E-state index contributed by atoms with van der Waals surface area (Å²) in [6, 6.07) is 5.33. The van der Waals surface area contributed by atoms with E-state index in [0.29, 0.717) is 12.8 Å². The molecule has 1 aliphatic carbocycles. The zero-order chi connectivity index (χ0) is 18.5. The molecule has 2 unspecified atom stereocenters. The number of carbonyl (C=O) groups excluding carboxylic acids is 2. The van der Waals surface area contributed by atoms with Gasteiger partial charge in [-0.2, -0.15) is 4.31 Å². The monoisotopic (exact) mass is 378 g/mol. The minimum Gasteiger partial charge on any atom is -0.276 e. The summed E-state index contributed by atoms with van der Waals surface area (Å²) in [6.07, 6.45) is 4.96. The van der Waals surface area contributed by atoms with Crippen molar-refractivity contribution in [3.05, 3.63) is 47.8 Å². The molecule has 6 nitrogen and oxygen atoms in total. The molecule has 1 aromatic carbocycles. The molecule has 2 atom stereocenters. The molecule has 0 radical (unpaired) electrons. The van der Waals surface area contributed by atoms with Crippen molar-refractivity contribution < 1.29 is 22.4 Å². The quantitative estimate of drug-likeness (QED) is 0.585. The van der Waals surface area contributed by atoms with Crippen molar-refractivity contribution in [1.82, 2.24) is 9.21 Å². The van der Waals surface area contributed by atoms with E-state index < -0.39 is 27.6 Å². The Balaban J connectivity index is 1.43. The number of benzene rings is 1. The van der Waals surface area contributed by atoms with Crippen molar-refractivity contribution in [2.45, 2.75) is 24.6 Å². The minimum atomic E-state index is -3.69. The normalized spacial score (nSPS) is 26.9. The maximum absolute atomic E-state index is 13.7. The second-order valence-corrected chi connectivity index (χ2v) is 8.99. The van der Waals surface area contributed by atoms with E-state index in [1.807, 2.05) is 12.2 Å². The lowest BCUT2D eigenvalue weighted by atomic mass is 9.85. The van der Waals surface area contributed by atoms with Gasteiger partial charge in [0.15, 0.2) is 0 Å². The first-order valence-electron chi connectivity index (χ1n) is 8.61. The van der Waals surface area contributed by atoms with Crippen LogP contribution >= 0.6 is 0 Å². The largest absolute Gasteiger partial charge is 0.276 e. The second kappa shape index (κ2) is 6.28. The Morgan fingerprint density at radius 1 is 1.00 bits per heavy atom. The smallest absolute Gasteiger partial charge is 0.233 e. The summed E-state index contributed by atoms with van der Waals surface area (Å²) in [7, 11) is -3.69. The van der Waals surface area contributed by atoms with Crippen LogP contribution in [0.15, 0.2) is 36.4 Å². The molecule has 0 saturated carbocycles. The second-order valence-electron chi connectivity index (χ2n) is 7.02. The molecule has 0 spiro atoms. The number of likely N-dealkylation sites (tertiary alicyclic amines) is 1. The van der Waals surface area contributed by atoms with Gasteiger partial charge in [0.25, 0.3) is 0 Å². The zero-order valence-corrected chi connectivity index (χ0v) is 14.9. The fourth-order valence-electron chi connectivity index (χ4n) is 3.90. The van der Waals surface area contributed by atoms with Crippen LogP contribution in [0.3, 0.4) is 0 Å². The van der Waals surface area contributed by atoms with Crippen LogP contribution in [-0.2, 0) is 25.4 Å². The van der Waals surface area contributed by atoms with Gasteiger partial charge in [-0.1, -0.05) is 30.4 Å². The number of rotatable bonds is 4. The number of amides is 2. The van der Waals surface area contributed by atoms with Crippen LogP contribution in [0.2, 0.25) is 0 Å². The predicted octanol–water partition coefficient (Wildman–Crippen LogP) is 1.29. The molecule has 2 aliphatic heterocycles. The van der Waals surface area contributed by atoms with Crippen molar-refractivity contribution in [3.8, 4) is 0 Å². The van der Waals surface area contributed by atoms with Gasteiger partial charge in [0, 0.05) is 18.7 Å². The van der Waals surface area contributed by atoms with E-state index in [9.17, 15) is 22.4 Å². The van der Waals surface area contributed by atoms with Gasteiger partial charge < -0.3 is 0 Å². The van der Waals surface area contributed by atoms with Crippen molar-refractivity contribution in [2.24, 2.45) is 11.8 Å². The highest BCUT2D eigenvalue weighted by atomic mass is 32.2. The van der Waals surface area contributed by atoms with Gasteiger partial charge in [0.05, 0.1) is 23.6 Å². The van der Waals surface area contributed by atoms with Crippen molar-refractivity contribution in [3.63, 3.8) is 0 Å². The van der Waals surface area contributed by atoms with Crippen molar-refractivity contribution >= 4 is 21.8 Å². The fraction of sp³-hybridized carbons (Fsp3) is 0.444. The van der Waals surface area contributed by atoms with Crippen molar-refractivity contribution in [1.29, 1.82) is 0 Å². The lowest BCUT2D eigenvalue weighted by Gasteiger charge is -2.42. The molecule has 0 bridgehead atoms. The van der Waals surface area contributed by atoms with Crippen LogP contribution < -0.4 is 0 Å². The van der Waals surface area contributed by atoms with E-state index in [1.165, 1.54) is 27.4 Å². The first-order valence-corrected chi connectivity index (χ1v) is 10.2. The molecule has 0 N–H and O–H groups in total. The summed E-state index contributed by atoms with van der Waals surface area (Å²) in [5, 5.41) is 0. The molecular weight excluding hydrogens is 359 g/mol. The van der Waals surface area contributed by atoms with Crippen LogP contribution in [0, 0.1) is 17.7 Å². The number of hydrogen-bond donors (Lipinski definition) is 0. The van der Waals surface area contributed by atoms with Gasteiger partial charge in [-0.25, -0.2) is 12.8 Å². The summed E-state index contributed by atoms with van der Waals surface area (Å²) in [6.45, 7) is 0.169. The number of halogens is 1. The van der Waals surface area contributed by atoms with Gasteiger partial charge in [0.2, 0.25) is 21.8 Å². The Hall–Kier alpha value is -2.06. The van der Waals surface area contributed by atoms with Crippen LogP contribution in [0.5, 0.6) is 0 Å². The van der Waals surface area contributed by atoms with Crippen LogP contribution in [0.25, 0.3) is 0 Å². The molecule has 26 heavy (non-hydrogen) atoms. The highest BCUT2D eigenvalue weighted by Gasteiger charge is 2.53. The molecule has 2 saturated heterocycles. The number of imide groups is 1. The molecule has 2 fully saturated rings. The molecule has 4 rings (SSSR count). The summed E-state index contributed by atoms with van der Waals surface area (Å²) in [4.78, 5) is 26.3. The van der Waals surface area contributed by atoms with E-state index in [1.54, 1.807) is 6.07 Å². The van der Waals surface area contributed by atoms with Crippen LogP contribution in [0.1, 0.15) is 18.4 Å². The summed E-state index contributed by atoms with van der Waals surface area (Å²) in [5.41, 5.74) is 0.112. The summed E-state index contributed by atoms with van der Waals surface area (Å²) < 4.78 is 39.9. The van der Waals surface area contributed by atoms with Gasteiger partial charge in [-0.15, -0.1) is 0 Å². The lowest BCUT2D eigenvalue weighted by molar-refractivity contribution is -0.145. The van der Waals surface area contributed by atoms with Gasteiger partial charge >= 0.3 is 0 Å². The Labute approximate surface area is 151 Å². The van der Waals surface area contributed by atoms with E-state index in [2.05, 4.69) is 0 Å². The maximum atomic E-state index is 13.7. The number of sulfonamides is 1. The number of hydrogen-bond acceptors (Lipinski definition) is 4. The number of carbonyl (C=O) groups is 2. The summed E-state index contributed by atoms with van der Waals surface area (Å²) in [5.74, 6) is -1.99. The average Bonchev–Trinajstić information content (AvgIpc) is 2.81. The highest BCUT2D eigenvalue weighted by Crippen LogP contribution is 2.38. The maximum Gasteiger partial charge on any atom is 0.233 e. The molecule has 1 aromatic rings. The third-order valence-electron chi connectivity index (χ3n) is 5.42. The molecule has 138 valence electrons. The zero-order valence-electron chi connectivity index (χ0n) is 14.0. The van der Waals surface area contributed by atoms with Gasteiger partial charge in [-0.3, -0.25) is 14.5 Å². The van der Waals surface area contributed by atoms with Crippen molar-refractivity contribution in [2.75, 3.05) is 13.1 Å². The molecule has 0 aromatic heterocycles. The Morgan fingerprint density at radius 3 is 2.15 bits per heavy atom. The van der Waals surface area contributed by atoms with Gasteiger partial charge in [0.1, 0.15) is 5.82 Å². The molecule has 3 aliphatic rings. The number of nitrogens with zero attached hydrogens (tertiary/aromatic N) is 2. The van der Waals surface area contributed by atoms with Crippen LogP contribution in [0.4, 0.5) is 4.39 Å². The predicted molar refractivity (Wildman–Crippen MR) is 91.6 cm³/mol. The molecular formula is C18H19FN2O4S. The number of allylic oxidation sites excluding steroid dienone is 2. The minimum absolute atomic E-state index is 0.0845. The SMILES string of the molecule is O=C1C2CC=CCC2C(=O)N1C1CN(S(=O)(=O)Cc2ccccc2F)C1. The standard InChI is InChI=1S/C18H19FN2O4S/c19-16-8-4-1-5-12(16)11-26(24,25)20-9-13(10-20)21-17(22)14-6-2-3-7-15(14)18(21)23/h1-5,8,13-15H,6-7,9-11H2. The third-order valence-corrected chi connectivity index (χ3v) is 7.19. The topological polar surface area (TPSA) is 74.8 Å². The molecule has 2 heterocycles. The van der Waals surface area contributed by atoms with E-state index >= 15 is 0 Å². The highest BCUT2D eigenvalue weighted by molar-refractivity contribution is 7.88.